The third kappa shape index (κ3) is 3.63. The number of nitrogens with zero attached hydrogens (tertiary/aromatic N) is 1. The largest absolute Gasteiger partial charge is 0.340 e. The van der Waals surface area contributed by atoms with E-state index in [0.717, 1.165) is 25.9 Å². The van der Waals surface area contributed by atoms with Crippen molar-refractivity contribution in [1.29, 1.82) is 0 Å². The number of carbonyl (C=O) groups excluding carboxylic acids is 1. The van der Waals surface area contributed by atoms with Crippen molar-refractivity contribution in [3.63, 3.8) is 0 Å². The van der Waals surface area contributed by atoms with Crippen molar-refractivity contribution in [3.05, 3.63) is 0 Å². The topological polar surface area (TPSA) is 32.3 Å². The van der Waals surface area contributed by atoms with Crippen LogP contribution in [0.2, 0.25) is 0 Å². The van der Waals surface area contributed by atoms with E-state index in [4.69, 9.17) is 0 Å². The summed E-state index contributed by atoms with van der Waals surface area (Å²) in [4.78, 5) is 14.0. The van der Waals surface area contributed by atoms with Crippen LogP contribution in [0.25, 0.3) is 0 Å². The van der Waals surface area contributed by atoms with E-state index in [9.17, 15) is 4.79 Å². The molecule has 1 N–H and O–H groups in total. The highest BCUT2D eigenvalue weighted by Gasteiger charge is 2.31. The monoisotopic (exact) mass is 246 g/mol. The molecular weight excluding hydrogens is 224 g/mol. The fourth-order valence-corrected chi connectivity index (χ4v) is 2.47. The van der Waals surface area contributed by atoms with E-state index in [2.05, 4.69) is 17.1 Å². The molecule has 1 atom stereocenters. The zero-order valence-electron chi connectivity index (χ0n) is 10.1. The zero-order valence-corrected chi connectivity index (χ0v) is 10.9. The SMILES string of the molecule is CCN(C(=O)CCC1CCCN1)C1CC1.Cl. The van der Waals surface area contributed by atoms with Crippen molar-refractivity contribution in [2.75, 3.05) is 13.1 Å². The van der Waals surface area contributed by atoms with Crippen molar-refractivity contribution in [1.82, 2.24) is 10.2 Å². The molecule has 1 unspecified atom stereocenters. The first kappa shape index (κ1) is 13.8. The summed E-state index contributed by atoms with van der Waals surface area (Å²) < 4.78 is 0. The fraction of sp³-hybridized carbons (Fsp3) is 0.917. The van der Waals surface area contributed by atoms with Gasteiger partial charge >= 0.3 is 0 Å². The van der Waals surface area contributed by atoms with Gasteiger partial charge in [-0.05, 0) is 45.6 Å². The van der Waals surface area contributed by atoms with Crippen LogP contribution in [0.15, 0.2) is 0 Å². The minimum absolute atomic E-state index is 0. The Labute approximate surface area is 104 Å². The Balaban J connectivity index is 0.00000128. The van der Waals surface area contributed by atoms with E-state index >= 15 is 0 Å². The van der Waals surface area contributed by atoms with E-state index in [0.29, 0.717) is 18.0 Å². The Morgan fingerprint density at radius 2 is 2.12 bits per heavy atom. The van der Waals surface area contributed by atoms with Crippen LogP contribution in [0.5, 0.6) is 0 Å². The Kier molecular flexibility index (Phi) is 5.56. The molecule has 2 rings (SSSR count). The Morgan fingerprint density at radius 1 is 1.38 bits per heavy atom. The van der Waals surface area contributed by atoms with Crippen molar-refractivity contribution in [2.24, 2.45) is 0 Å². The molecule has 1 saturated heterocycles. The third-order valence-electron chi connectivity index (χ3n) is 3.52. The fourth-order valence-electron chi connectivity index (χ4n) is 2.47. The van der Waals surface area contributed by atoms with Crippen LogP contribution < -0.4 is 5.32 Å². The summed E-state index contributed by atoms with van der Waals surface area (Å²) in [5, 5.41) is 3.44. The average molecular weight is 247 g/mol. The second kappa shape index (κ2) is 6.45. The Bertz CT molecular complexity index is 225. The van der Waals surface area contributed by atoms with Gasteiger partial charge in [0.25, 0.3) is 0 Å². The molecule has 0 aromatic heterocycles. The second-order valence-electron chi connectivity index (χ2n) is 4.74. The van der Waals surface area contributed by atoms with Crippen LogP contribution in [0.4, 0.5) is 0 Å². The van der Waals surface area contributed by atoms with E-state index < -0.39 is 0 Å². The van der Waals surface area contributed by atoms with Gasteiger partial charge in [0.2, 0.25) is 5.91 Å². The van der Waals surface area contributed by atoms with E-state index in [-0.39, 0.29) is 12.4 Å². The maximum atomic E-state index is 11.9. The minimum atomic E-state index is 0. The third-order valence-corrected chi connectivity index (χ3v) is 3.52. The van der Waals surface area contributed by atoms with Gasteiger partial charge in [0, 0.05) is 25.0 Å². The van der Waals surface area contributed by atoms with Gasteiger partial charge in [-0.15, -0.1) is 12.4 Å². The van der Waals surface area contributed by atoms with Crippen LogP contribution in [0, 0.1) is 0 Å². The molecule has 1 aliphatic heterocycles. The Hall–Kier alpha value is -0.280. The van der Waals surface area contributed by atoms with Gasteiger partial charge in [0.05, 0.1) is 0 Å². The molecule has 94 valence electrons. The molecule has 1 aliphatic carbocycles. The molecule has 0 spiro atoms. The number of hydrogen-bond donors (Lipinski definition) is 1. The quantitative estimate of drug-likeness (QED) is 0.804. The van der Waals surface area contributed by atoms with Gasteiger partial charge in [-0.2, -0.15) is 0 Å². The molecule has 16 heavy (non-hydrogen) atoms. The lowest BCUT2D eigenvalue weighted by molar-refractivity contribution is -0.131. The highest BCUT2D eigenvalue weighted by atomic mass is 35.5. The number of amides is 1. The zero-order chi connectivity index (χ0) is 10.7. The van der Waals surface area contributed by atoms with Gasteiger partial charge in [0.15, 0.2) is 0 Å². The lowest BCUT2D eigenvalue weighted by Crippen LogP contribution is -2.34. The number of carbonyl (C=O) groups is 1. The molecule has 1 saturated carbocycles. The molecular formula is C12H23ClN2O. The number of halogens is 1. The van der Waals surface area contributed by atoms with E-state index in [1.165, 1.54) is 25.7 Å². The predicted octanol–water partition coefficient (Wildman–Crippen LogP) is 1.95. The molecule has 0 aromatic carbocycles. The number of hydrogen-bond acceptors (Lipinski definition) is 2. The van der Waals surface area contributed by atoms with Crippen molar-refractivity contribution in [2.45, 2.75) is 57.5 Å². The molecule has 3 nitrogen and oxygen atoms in total. The summed E-state index contributed by atoms with van der Waals surface area (Å²) >= 11 is 0. The second-order valence-corrected chi connectivity index (χ2v) is 4.74. The number of rotatable bonds is 5. The van der Waals surface area contributed by atoms with Gasteiger partial charge in [-0.3, -0.25) is 4.79 Å². The number of nitrogens with one attached hydrogen (secondary N) is 1. The summed E-state index contributed by atoms with van der Waals surface area (Å²) in [5.41, 5.74) is 0. The molecule has 2 aliphatic rings. The molecule has 2 fully saturated rings. The molecule has 1 amide bonds. The molecule has 1 heterocycles. The minimum Gasteiger partial charge on any atom is -0.340 e. The van der Waals surface area contributed by atoms with Gasteiger partial charge in [0.1, 0.15) is 0 Å². The highest BCUT2D eigenvalue weighted by molar-refractivity contribution is 5.85. The van der Waals surface area contributed by atoms with Crippen LogP contribution in [0.1, 0.15) is 45.4 Å². The highest BCUT2D eigenvalue weighted by Crippen LogP contribution is 2.27. The van der Waals surface area contributed by atoms with Gasteiger partial charge in [-0.1, -0.05) is 0 Å². The van der Waals surface area contributed by atoms with Crippen molar-refractivity contribution in [3.8, 4) is 0 Å². The van der Waals surface area contributed by atoms with Crippen LogP contribution in [-0.2, 0) is 4.79 Å². The first-order valence-electron chi connectivity index (χ1n) is 6.34. The normalized spacial score (nSPS) is 23.9. The summed E-state index contributed by atoms with van der Waals surface area (Å²) in [7, 11) is 0. The Morgan fingerprint density at radius 3 is 2.62 bits per heavy atom. The standard InChI is InChI=1S/C12H22N2O.ClH/c1-2-14(11-6-7-11)12(15)8-5-10-4-3-9-13-10;/h10-11,13H,2-9H2,1H3;1H. The maximum absolute atomic E-state index is 11.9. The molecule has 4 heteroatoms. The average Bonchev–Trinajstić information content (AvgIpc) is 2.93. The van der Waals surface area contributed by atoms with Crippen molar-refractivity contribution < 1.29 is 4.79 Å². The lowest BCUT2D eigenvalue weighted by atomic mass is 10.1. The lowest BCUT2D eigenvalue weighted by Gasteiger charge is -2.21. The summed E-state index contributed by atoms with van der Waals surface area (Å²) in [6, 6.07) is 1.19. The maximum Gasteiger partial charge on any atom is 0.222 e. The summed E-state index contributed by atoms with van der Waals surface area (Å²) in [6.07, 6.45) is 6.74. The van der Waals surface area contributed by atoms with E-state index in [1.807, 2.05) is 0 Å². The van der Waals surface area contributed by atoms with Crippen molar-refractivity contribution >= 4 is 18.3 Å². The van der Waals surface area contributed by atoms with Gasteiger partial charge < -0.3 is 10.2 Å². The van der Waals surface area contributed by atoms with Crippen LogP contribution in [-0.4, -0.2) is 36.0 Å². The van der Waals surface area contributed by atoms with Gasteiger partial charge in [-0.25, -0.2) is 0 Å². The smallest absolute Gasteiger partial charge is 0.222 e. The molecule has 0 aromatic rings. The van der Waals surface area contributed by atoms with Crippen LogP contribution >= 0.6 is 12.4 Å². The molecule has 0 radical (unpaired) electrons. The summed E-state index contributed by atoms with van der Waals surface area (Å²) in [6.45, 7) is 4.12. The predicted molar refractivity (Wildman–Crippen MR) is 67.9 cm³/mol. The first-order valence-corrected chi connectivity index (χ1v) is 6.34. The first-order chi connectivity index (χ1) is 7.31. The van der Waals surface area contributed by atoms with E-state index in [1.54, 1.807) is 0 Å². The van der Waals surface area contributed by atoms with Crippen LogP contribution in [0.3, 0.4) is 0 Å². The molecule has 0 bridgehead atoms. The summed E-state index contributed by atoms with van der Waals surface area (Å²) in [5.74, 6) is 0.369.